The van der Waals surface area contributed by atoms with Gasteiger partial charge in [0.05, 0.1) is 21.3 Å². The van der Waals surface area contributed by atoms with Gasteiger partial charge in [0.25, 0.3) is 17.5 Å². The zero-order valence-electron chi connectivity index (χ0n) is 19.1. The number of hydrogen-bond donors (Lipinski definition) is 1. The maximum absolute atomic E-state index is 13.3. The molecule has 1 aliphatic heterocycles. The molecule has 3 aromatic carbocycles. The summed E-state index contributed by atoms with van der Waals surface area (Å²) < 4.78 is 25.2. The lowest BCUT2D eigenvalue weighted by Gasteiger charge is -2.26. The molecular weight excluding hydrogens is 600 g/mol. The number of rotatable bonds is 7. The summed E-state index contributed by atoms with van der Waals surface area (Å²) in [5.74, 6) is -1.65. The van der Waals surface area contributed by atoms with Gasteiger partial charge in [-0.1, -0.05) is 12.1 Å². The largest absolute Gasteiger partial charge is 0.493 e. The molecule has 0 saturated carbocycles. The van der Waals surface area contributed by atoms with Crippen molar-refractivity contribution >= 4 is 57.9 Å². The molecule has 1 fully saturated rings. The van der Waals surface area contributed by atoms with Crippen LogP contribution in [-0.4, -0.2) is 29.9 Å². The summed E-state index contributed by atoms with van der Waals surface area (Å²) in [4.78, 5) is 49.1. The summed E-state index contributed by atoms with van der Waals surface area (Å²) in [6.45, 7) is 0.0319. The van der Waals surface area contributed by atoms with Gasteiger partial charge in [-0.2, -0.15) is 0 Å². The molecule has 4 rings (SSSR count). The lowest BCUT2D eigenvalue weighted by Crippen LogP contribution is -2.54. The smallest absolute Gasteiger partial charge is 0.335 e. The van der Waals surface area contributed by atoms with Crippen LogP contribution >= 0.6 is 22.6 Å². The van der Waals surface area contributed by atoms with Crippen molar-refractivity contribution in [1.82, 2.24) is 5.32 Å². The number of nitrogens with zero attached hydrogens (tertiary/aromatic N) is 2. The summed E-state index contributed by atoms with van der Waals surface area (Å²) in [5.41, 5.74) is 0.712. The molecule has 1 N–H and O–H groups in total. The third-order valence-corrected chi connectivity index (χ3v) is 6.06. The Morgan fingerprint density at radius 2 is 1.84 bits per heavy atom. The van der Waals surface area contributed by atoms with Crippen molar-refractivity contribution in [1.29, 1.82) is 0 Å². The highest BCUT2D eigenvalue weighted by molar-refractivity contribution is 14.1. The van der Waals surface area contributed by atoms with Gasteiger partial charge in [-0.15, -0.1) is 0 Å². The predicted molar refractivity (Wildman–Crippen MR) is 139 cm³/mol. The van der Waals surface area contributed by atoms with E-state index in [1.807, 2.05) is 22.6 Å². The number of hydrogen-bond acceptors (Lipinski definition) is 7. The van der Waals surface area contributed by atoms with Crippen LogP contribution in [0, 0.1) is 19.5 Å². The summed E-state index contributed by atoms with van der Waals surface area (Å²) in [6.07, 6.45) is 1.30. The molecule has 0 spiro atoms. The molecule has 0 unspecified atom stereocenters. The number of carbonyl (C=O) groups is 3. The number of urea groups is 1. The number of nitro groups is 1. The SMILES string of the molecule is COc1cc(/C=C2\C(=O)NC(=O)N(c3ccc(F)cc3)C2=O)cc(I)c1OCc1cccc([N+](=O)[O-])c1. The molecule has 188 valence electrons. The van der Waals surface area contributed by atoms with Crippen LogP contribution in [0.25, 0.3) is 6.08 Å². The molecule has 1 aliphatic rings. The van der Waals surface area contributed by atoms with Crippen LogP contribution in [0.2, 0.25) is 0 Å². The van der Waals surface area contributed by atoms with E-state index in [-0.39, 0.29) is 23.6 Å². The molecule has 3 aromatic rings. The molecule has 1 saturated heterocycles. The molecule has 0 aromatic heterocycles. The van der Waals surface area contributed by atoms with E-state index in [1.165, 1.54) is 43.5 Å². The first-order chi connectivity index (χ1) is 17.7. The molecular formula is C25H17FIN3O7. The van der Waals surface area contributed by atoms with Crippen LogP contribution < -0.4 is 19.7 Å². The quantitative estimate of drug-likeness (QED) is 0.135. The molecule has 0 radical (unpaired) electrons. The van der Waals surface area contributed by atoms with Gasteiger partial charge < -0.3 is 9.47 Å². The normalized spacial score (nSPS) is 14.5. The third kappa shape index (κ3) is 5.58. The standard InChI is InChI=1S/C25H17FIN3O7/c1-36-21-12-15(11-20(27)22(21)37-13-14-3-2-4-18(9-14)30(34)35)10-19-23(31)28-25(33)29(24(19)32)17-7-5-16(26)6-8-17/h2-12H,13H2,1H3,(H,28,31,33)/b19-10+. The van der Waals surface area contributed by atoms with Crippen LogP contribution in [0.3, 0.4) is 0 Å². The summed E-state index contributed by atoms with van der Waals surface area (Å²) >= 11 is 1.99. The number of imide groups is 2. The van der Waals surface area contributed by atoms with E-state index in [2.05, 4.69) is 5.32 Å². The summed E-state index contributed by atoms with van der Waals surface area (Å²) in [5, 5.41) is 13.1. The Morgan fingerprint density at radius 1 is 1.11 bits per heavy atom. The Bertz CT molecular complexity index is 1460. The van der Waals surface area contributed by atoms with Crippen molar-refractivity contribution in [2.75, 3.05) is 12.0 Å². The monoisotopic (exact) mass is 617 g/mol. The second-order valence-electron chi connectivity index (χ2n) is 7.68. The molecule has 0 atom stereocenters. The maximum atomic E-state index is 13.3. The minimum Gasteiger partial charge on any atom is -0.493 e. The van der Waals surface area contributed by atoms with E-state index < -0.39 is 28.6 Å². The molecule has 0 bridgehead atoms. The fourth-order valence-corrected chi connectivity index (χ4v) is 4.31. The van der Waals surface area contributed by atoms with E-state index >= 15 is 0 Å². The number of nitro benzene ring substituents is 1. The average molecular weight is 617 g/mol. The molecule has 12 heteroatoms. The number of anilines is 1. The highest BCUT2D eigenvalue weighted by atomic mass is 127. The summed E-state index contributed by atoms with van der Waals surface area (Å²) in [6, 6.07) is 12.9. The molecule has 37 heavy (non-hydrogen) atoms. The first-order valence-corrected chi connectivity index (χ1v) is 11.7. The molecule has 0 aliphatic carbocycles. The van der Waals surface area contributed by atoms with Crippen LogP contribution in [0.15, 0.2) is 66.2 Å². The Kier molecular flexibility index (Phi) is 7.47. The van der Waals surface area contributed by atoms with Crippen molar-refractivity contribution in [2.24, 2.45) is 0 Å². The number of methoxy groups -OCH3 is 1. The number of non-ortho nitro benzene ring substituents is 1. The van der Waals surface area contributed by atoms with Crippen molar-refractivity contribution in [2.45, 2.75) is 6.61 Å². The number of ether oxygens (including phenoxy) is 2. The number of amides is 4. The van der Waals surface area contributed by atoms with Gasteiger partial charge in [-0.3, -0.25) is 25.0 Å². The second-order valence-corrected chi connectivity index (χ2v) is 8.85. The van der Waals surface area contributed by atoms with Gasteiger partial charge in [0.15, 0.2) is 11.5 Å². The fraction of sp³-hybridized carbons (Fsp3) is 0.0800. The lowest BCUT2D eigenvalue weighted by atomic mass is 10.1. The first-order valence-electron chi connectivity index (χ1n) is 10.6. The number of nitrogens with one attached hydrogen (secondary N) is 1. The van der Waals surface area contributed by atoms with E-state index in [0.29, 0.717) is 26.2 Å². The maximum Gasteiger partial charge on any atom is 0.335 e. The topological polar surface area (TPSA) is 128 Å². The van der Waals surface area contributed by atoms with Gasteiger partial charge in [0.1, 0.15) is 18.0 Å². The van der Waals surface area contributed by atoms with Crippen LogP contribution in [-0.2, 0) is 16.2 Å². The number of barbiturate groups is 1. The Balaban J connectivity index is 1.62. The predicted octanol–water partition coefficient (Wildman–Crippen LogP) is 4.59. The minimum atomic E-state index is -0.948. The summed E-state index contributed by atoms with van der Waals surface area (Å²) in [7, 11) is 1.41. The van der Waals surface area contributed by atoms with E-state index in [1.54, 1.807) is 18.2 Å². The lowest BCUT2D eigenvalue weighted by molar-refractivity contribution is -0.384. The highest BCUT2D eigenvalue weighted by Crippen LogP contribution is 2.36. The van der Waals surface area contributed by atoms with Gasteiger partial charge in [-0.25, -0.2) is 14.1 Å². The van der Waals surface area contributed by atoms with E-state index in [4.69, 9.17) is 9.47 Å². The number of carbonyl (C=O) groups excluding carboxylic acids is 3. The van der Waals surface area contributed by atoms with Crippen molar-refractivity contribution in [3.05, 3.63) is 96.9 Å². The van der Waals surface area contributed by atoms with Crippen LogP contribution in [0.5, 0.6) is 11.5 Å². The van der Waals surface area contributed by atoms with Crippen molar-refractivity contribution in [3.8, 4) is 11.5 Å². The van der Waals surface area contributed by atoms with Gasteiger partial charge >= 0.3 is 6.03 Å². The Labute approximate surface area is 223 Å². The van der Waals surface area contributed by atoms with E-state index in [9.17, 15) is 28.9 Å². The minimum absolute atomic E-state index is 0.0319. The number of benzene rings is 3. The van der Waals surface area contributed by atoms with E-state index in [0.717, 1.165) is 17.0 Å². The fourth-order valence-electron chi connectivity index (χ4n) is 3.53. The van der Waals surface area contributed by atoms with Crippen molar-refractivity contribution < 1.29 is 33.2 Å². The Morgan fingerprint density at radius 3 is 2.51 bits per heavy atom. The van der Waals surface area contributed by atoms with Crippen molar-refractivity contribution in [3.63, 3.8) is 0 Å². The molecule has 1 heterocycles. The zero-order chi connectivity index (χ0) is 26.7. The average Bonchev–Trinajstić information content (AvgIpc) is 2.86. The second kappa shape index (κ2) is 10.7. The molecule has 10 nitrogen and oxygen atoms in total. The molecule has 4 amide bonds. The Hall–Kier alpha value is -4.33. The highest BCUT2D eigenvalue weighted by Gasteiger charge is 2.36. The first kappa shape index (κ1) is 25.8. The van der Waals surface area contributed by atoms with Crippen LogP contribution in [0.1, 0.15) is 11.1 Å². The van der Waals surface area contributed by atoms with Gasteiger partial charge in [0.2, 0.25) is 0 Å². The van der Waals surface area contributed by atoms with Crippen LogP contribution in [0.4, 0.5) is 20.6 Å². The number of halogens is 2. The van der Waals surface area contributed by atoms with Gasteiger partial charge in [0, 0.05) is 12.1 Å². The third-order valence-electron chi connectivity index (χ3n) is 5.25. The zero-order valence-corrected chi connectivity index (χ0v) is 21.2. The van der Waals surface area contributed by atoms with Gasteiger partial charge in [-0.05, 0) is 76.2 Å².